The molecule has 0 unspecified atom stereocenters. The largest absolute Gasteiger partial charge is 0.260 e. The topological polar surface area (TPSA) is 59.1 Å². The molecule has 1 rings (SSSR count). The van der Waals surface area contributed by atoms with Crippen LogP contribution in [0.25, 0.3) is 0 Å². The first-order chi connectivity index (χ1) is 6.93. The average Bonchev–Trinajstić information content (AvgIpc) is 2.18. The first kappa shape index (κ1) is 12.1. The second-order valence-corrected chi connectivity index (χ2v) is 5.96. The molecule has 1 aromatic rings. The lowest BCUT2D eigenvalue weighted by Gasteiger charge is -2.15. The van der Waals surface area contributed by atoms with Gasteiger partial charge in [-0.3, -0.25) is 4.98 Å². The molecule has 0 amide bonds. The summed E-state index contributed by atoms with van der Waals surface area (Å²) in [6, 6.07) is 5.14. The molecule has 0 aliphatic carbocycles. The molecule has 1 N–H and O–H groups in total. The molecule has 0 spiro atoms. The van der Waals surface area contributed by atoms with E-state index in [1.165, 1.54) is 0 Å². The van der Waals surface area contributed by atoms with Crippen molar-refractivity contribution in [1.82, 2.24) is 9.71 Å². The van der Waals surface area contributed by atoms with Gasteiger partial charge in [0.15, 0.2) is 0 Å². The minimum atomic E-state index is -3.24. The Labute approximate surface area is 90.8 Å². The van der Waals surface area contributed by atoms with E-state index in [2.05, 4.69) is 9.71 Å². The van der Waals surface area contributed by atoms with Crippen LogP contribution < -0.4 is 4.72 Å². The van der Waals surface area contributed by atoms with Crippen LogP contribution in [-0.2, 0) is 10.0 Å². The number of nitrogens with one attached hydrogen (secondary N) is 1. The van der Waals surface area contributed by atoms with Crippen LogP contribution in [0.3, 0.4) is 0 Å². The number of pyridine rings is 1. The van der Waals surface area contributed by atoms with Crippen LogP contribution in [0, 0.1) is 0 Å². The highest BCUT2D eigenvalue weighted by Gasteiger charge is 2.19. The average molecular weight is 228 g/mol. The molecule has 0 aliphatic rings. The molecular formula is C10H16N2O2S. The van der Waals surface area contributed by atoms with Gasteiger partial charge in [-0.2, -0.15) is 0 Å². The quantitative estimate of drug-likeness (QED) is 0.849. The van der Waals surface area contributed by atoms with Crippen molar-refractivity contribution in [1.29, 1.82) is 0 Å². The van der Waals surface area contributed by atoms with Gasteiger partial charge >= 0.3 is 0 Å². The fraction of sp³-hybridized carbons (Fsp3) is 0.500. The van der Waals surface area contributed by atoms with Crippen molar-refractivity contribution < 1.29 is 8.42 Å². The van der Waals surface area contributed by atoms with Crippen LogP contribution >= 0.6 is 0 Å². The van der Waals surface area contributed by atoms with Crippen LogP contribution in [0.5, 0.6) is 0 Å². The van der Waals surface area contributed by atoms with E-state index in [-0.39, 0.29) is 6.04 Å². The fourth-order valence-corrected chi connectivity index (χ4v) is 1.96. The second kappa shape index (κ2) is 4.72. The van der Waals surface area contributed by atoms with Gasteiger partial charge in [0, 0.05) is 6.20 Å². The molecule has 0 radical (unpaired) electrons. The van der Waals surface area contributed by atoms with Gasteiger partial charge in [-0.15, -0.1) is 0 Å². The molecule has 0 aliphatic heterocycles. The summed E-state index contributed by atoms with van der Waals surface area (Å²) in [5, 5.41) is -0.427. The Balaban J connectivity index is 2.77. The van der Waals surface area contributed by atoms with Crippen molar-refractivity contribution in [2.75, 3.05) is 0 Å². The van der Waals surface area contributed by atoms with Crippen molar-refractivity contribution >= 4 is 10.0 Å². The van der Waals surface area contributed by atoms with E-state index < -0.39 is 15.3 Å². The third kappa shape index (κ3) is 3.28. The van der Waals surface area contributed by atoms with E-state index in [0.29, 0.717) is 0 Å². The molecule has 5 heteroatoms. The summed E-state index contributed by atoms with van der Waals surface area (Å²) >= 11 is 0. The van der Waals surface area contributed by atoms with Gasteiger partial charge in [0.05, 0.1) is 17.0 Å². The Morgan fingerprint density at radius 3 is 2.40 bits per heavy atom. The molecule has 1 atom stereocenters. The predicted molar refractivity (Wildman–Crippen MR) is 59.8 cm³/mol. The van der Waals surface area contributed by atoms with Crippen molar-refractivity contribution in [3.8, 4) is 0 Å². The lowest BCUT2D eigenvalue weighted by Crippen LogP contribution is -2.33. The number of hydrogen-bond acceptors (Lipinski definition) is 3. The maximum absolute atomic E-state index is 11.6. The zero-order chi connectivity index (χ0) is 11.5. The van der Waals surface area contributed by atoms with Gasteiger partial charge in [0.2, 0.25) is 10.0 Å². The zero-order valence-electron chi connectivity index (χ0n) is 9.14. The SMILES string of the molecule is CC(C)S(=O)(=O)N[C@@H](C)c1ccccn1. The van der Waals surface area contributed by atoms with Gasteiger partial charge in [0.25, 0.3) is 0 Å². The summed E-state index contributed by atoms with van der Waals surface area (Å²) < 4.78 is 25.7. The van der Waals surface area contributed by atoms with Gasteiger partial charge < -0.3 is 0 Å². The first-order valence-corrected chi connectivity index (χ1v) is 6.40. The lowest BCUT2D eigenvalue weighted by molar-refractivity contribution is 0.555. The van der Waals surface area contributed by atoms with E-state index in [0.717, 1.165) is 5.69 Å². The molecule has 1 heterocycles. The standard InChI is InChI=1S/C10H16N2O2S/c1-8(2)15(13,14)12-9(3)10-6-4-5-7-11-10/h4-9,12H,1-3H3/t9-/m0/s1. The molecule has 84 valence electrons. The van der Waals surface area contributed by atoms with E-state index in [4.69, 9.17) is 0 Å². The van der Waals surface area contributed by atoms with Gasteiger partial charge in [0.1, 0.15) is 0 Å². The number of sulfonamides is 1. The van der Waals surface area contributed by atoms with Crippen LogP contribution in [0.1, 0.15) is 32.5 Å². The predicted octanol–water partition coefficient (Wildman–Crippen LogP) is 1.47. The van der Waals surface area contributed by atoms with Crippen molar-refractivity contribution in [2.45, 2.75) is 32.1 Å². The van der Waals surface area contributed by atoms with Crippen LogP contribution in [0.2, 0.25) is 0 Å². The molecule has 0 fully saturated rings. The Bertz CT molecular complexity index is 401. The number of nitrogens with zero attached hydrogens (tertiary/aromatic N) is 1. The zero-order valence-corrected chi connectivity index (χ0v) is 9.95. The Kier molecular flexibility index (Phi) is 3.82. The molecule has 0 aromatic carbocycles. The lowest BCUT2D eigenvalue weighted by atomic mass is 10.2. The number of rotatable bonds is 4. The van der Waals surface area contributed by atoms with E-state index in [1.807, 2.05) is 6.07 Å². The van der Waals surface area contributed by atoms with Crippen LogP contribution in [0.4, 0.5) is 0 Å². The number of aromatic nitrogens is 1. The highest BCUT2D eigenvalue weighted by molar-refractivity contribution is 7.90. The summed E-state index contributed by atoms with van der Waals surface area (Å²) in [5.41, 5.74) is 0.724. The summed E-state index contributed by atoms with van der Waals surface area (Å²) in [5.74, 6) is 0. The highest BCUT2D eigenvalue weighted by atomic mass is 32.2. The molecule has 0 saturated carbocycles. The van der Waals surface area contributed by atoms with Gasteiger partial charge in [-0.1, -0.05) is 6.07 Å². The molecule has 4 nitrogen and oxygen atoms in total. The molecule has 0 bridgehead atoms. The Hall–Kier alpha value is -0.940. The molecular weight excluding hydrogens is 212 g/mol. The monoisotopic (exact) mass is 228 g/mol. The molecule has 0 saturated heterocycles. The number of hydrogen-bond donors (Lipinski definition) is 1. The van der Waals surface area contributed by atoms with Crippen LogP contribution in [-0.4, -0.2) is 18.7 Å². The van der Waals surface area contributed by atoms with E-state index >= 15 is 0 Å². The summed E-state index contributed by atoms with van der Waals surface area (Å²) in [6.07, 6.45) is 1.65. The van der Waals surface area contributed by atoms with Crippen molar-refractivity contribution in [2.24, 2.45) is 0 Å². The highest BCUT2D eigenvalue weighted by Crippen LogP contribution is 2.11. The third-order valence-electron chi connectivity index (χ3n) is 2.09. The van der Waals surface area contributed by atoms with Crippen molar-refractivity contribution in [3.05, 3.63) is 30.1 Å². The van der Waals surface area contributed by atoms with Gasteiger partial charge in [-0.25, -0.2) is 13.1 Å². The molecule has 1 aromatic heterocycles. The maximum atomic E-state index is 11.6. The fourth-order valence-electron chi connectivity index (χ4n) is 1.07. The Morgan fingerprint density at radius 2 is 1.93 bits per heavy atom. The third-order valence-corrected chi connectivity index (χ3v) is 4.02. The summed E-state index contributed by atoms with van der Waals surface area (Å²) in [6.45, 7) is 5.07. The van der Waals surface area contributed by atoms with Crippen molar-refractivity contribution in [3.63, 3.8) is 0 Å². The normalized spacial score (nSPS) is 14.1. The smallest absolute Gasteiger partial charge is 0.214 e. The Morgan fingerprint density at radius 1 is 1.27 bits per heavy atom. The van der Waals surface area contributed by atoms with Gasteiger partial charge in [-0.05, 0) is 32.9 Å². The molecule has 15 heavy (non-hydrogen) atoms. The minimum Gasteiger partial charge on any atom is -0.260 e. The summed E-state index contributed by atoms with van der Waals surface area (Å²) in [4.78, 5) is 4.10. The first-order valence-electron chi connectivity index (χ1n) is 4.85. The minimum absolute atomic E-state index is 0.293. The maximum Gasteiger partial charge on any atom is 0.214 e. The van der Waals surface area contributed by atoms with E-state index in [1.54, 1.807) is 39.1 Å². The summed E-state index contributed by atoms with van der Waals surface area (Å²) in [7, 11) is -3.24. The van der Waals surface area contributed by atoms with E-state index in [9.17, 15) is 8.42 Å². The van der Waals surface area contributed by atoms with Crippen LogP contribution in [0.15, 0.2) is 24.4 Å². The second-order valence-electron chi connectivity index (χ2n) is 3.69.